The van der Waals surface area contributed by atoms with Crippen molar-refractivity contribution < 1.29 is 5.11 Å². The van der Waals surface area contributed by atoms with Crippen LogP contribution in [0.3, 0.4) is 0 Å². The van der Waals surface area contributed by atoms with E-state index in [9.17, 15) is 5.11 Å². The van der Waals surface area contributed by atoms with Gasteiger partial charge in [0.1, 0.15) is 0 Å². The van der Waals surface area contributed by atoms with Crippen LogP contribution in [0.2, 0.25) is 0 Å². The Morgan fingerprint density at radius 3 is 2.38 bits per heavy atom. The van der Waals surface area contributed by atoms with E-state index in [1.165, 1.54) is 19.3 Å². The molecule has 2 heteroatoms. The highest BCUT2D eigenvalue weighted by Gasteiger charge is 2.31. The van der Waals surface area contributed by atoms with Gasteiger partial charge in [0.2, 0.25) is 0 Å². The molecule has 0 aromatic heterocycles. The largest absolute Gasteiger partial charge is 0.394 e. The maximum Gasteiger partial charge on any atom is 0.0613 e. The van der Waals surface area contributed by atoms with Gasteiger partial charge in [-0.2, -0.15) is 0 Å². The molecule has 1 atom stereocenters. The van der Waals surface area contributed by atoms with E-state index >= 15 is 0 Å². The minimum atomic E-state index is 0.0493. The summed E-state index contributed by atoms with van der Waals surface area (Å²) in [6.07, 6.45) is 7.31. The number of nitrogens with one attached hydrogen (secondary N) is 1. The minimum Gasteiger partial charge on any atom is -0.394 e. The summed E-state index contributed by atoms with van der Waals surface area (Å²) in [5.41, 5.74) is 0.0493. The molecule has 0 bridgehead atoms. The van der Waals surface area contributed by atoms with Crippen molar-refractivity contribution >= 4 is 0 Å². The van der Waals surface area contributed by atoms with Crippen molar-refractivity contribution in [1.82, 2.24) is 5.32 Å². The van der Waals surface area contributed by atoms with Crippen LogP contribution in [0.1, 0.15) is 52.4 Å². The molecule has 0 heterocycles. The summed E-state index contributed by atoms with van der Waals surface area (Å²) in [5.74, 6) is 0. The quantitative estimate of drug-likeness (QED) is 0.702. The third-order valence-corrected chi connectivity index (χ3v) is 3.28. The van der Waals surface area contributed by atoms with E-state index in [-0.39, 0.29) is 5.54 Å². The van der Waals surface area contributed by atoms with Crippen LogP contribution in [0.4, 0.5) is 0 Å². The Balaban J connectivity index is 2.47. The predicted molar refractivity (Wildman–Crippen MR) is 55.8 cm³/mol. The maximum absolute atomic E-state index is 9.42. The highest BCUT2D eigenvalue weighted by atomic mass is 16.3. The van der Waals surface area contributed by atoms with Crippen molar-refractivity contribution in [3.63, 3.8) is 0 Å². The molecule has 13 heavy (non-hydrogen) atoms. The Labute approximate surface area is 81.7 Å². The first-order valence-corrected chi connectivity index (χ1v) is 5.61. The zero-order valence-electron chi connectivity index (χ0n) is 8.97. The number of rotatable bonds is 4. The molecule has 0 aliphatic heterocycles. The SMILES string of the molecule is CCC(C)NC1(CO)CCCCC1. The van der Waals surface area contributed by atoms with Gasteiger partial charge in [-0.25, -0.2) is 0 Å². The molecule has 2 nitrogen and oxygen atoms in total. The second-order valence-electron chi connectivity index (χ2n) is 4.45. The van der Waals surface area contributed by atoms with E-state index in [0.717, 1.165) is 19.3 Å². The number of hydrogen-bond donors (Lipinski definition) is 2. The van der Waals surface area contributed by atoms with Crippen molar-refractivity contribution in [2.75, 3.05) is 6.61 Å². The summed E-state index contributed by atoms with van der Waals surface area (Å²) in [6, 6.07) is 0.533. The van der Waals surface area contributed by atoms with Gasteiger partial charge in [0.05, 0.1) is 6.61 Å². The van der Waals surface area contributed by atoms with E-state index in [4.69, 9.17) is 0 Å². The van der Waals surface area contributed by atoms with Crippen LogP contribution in [-0.4, -0.2) is 23.3 Å². The van der Waals surface area contributed by atoms with Crippen molar-refractivity contribution in [3.8, 4) is 0 Å². The molecule has 1 unspecified atom stereocenters. The zero-order valence-corrected chi connectivity index (χ0v) is 8.97. The zero-order chi connectivity index (χ0) is 9.73. The normalized spacial score (nSPS) is 24.2. The first kappa shape index (κ1) is 11.0. The number of aliphatic hydroxyl groups is 1. The minimum absolute atomic E-state index is 0.0493. The van der Waals surface area contributed by atoms with Gasteiger partial charge in [-0.1, -0.05) is 26.2 Å². The molecule has 1 aliphatic rings. The second kappa shape index (κ2) is 4.97. The van der Waals surface area contributed by atoms with Crippen LogP contribution in [0.25, 0.3) is 0 Å². The molecule has 0 spiro atoms. The first-order valence-electron chi connectivity index (χ1n) is 5.61. The molecule has 0 radical (unpaired) electrons. The summed E-state index contributed by atoms with van der Waals surface area (Å²) >= 11 is 0. The van der Waals surface area contributed by atoms with Crippen LogP contribution < -0.4 is 5.32 Å². The van der Waals surface area contributed by atoms with Gasteiger partial charge in [0.15, 0.2) is 0 Å². The molecular formula is C11H23NO. The summed E-state index contributed by atoms with van der Waals surface area (Å²) in [5, 5.41) is 13.0. The van der Waals surface area contributed by atoms with E-state index < -0.39 is 0 Å². The molecule has 0 saturated heterocycles. The van der Waals surface area contributed by atoms with Crippen LogP contribution in [0.5, 0.6) is 0 Å². The van der Waals surface area contributed by atoms with E-state index in [0.29, 0.717) is 12.6 Å². The summed E-state index contributed by atoms with van der Waals surface area (Å²) in [6.45, 7) is 4.69. The van der Waals surface area contributed by atoms with E-state index in [1.54, 1.807) is 0 Å². The van der Waals surface area contributed by atoms with Crippen molar-refractivity contribution in [1.29, 1.82) is 0 Å². The Kier molecular flexibility index (Phi) is 4.20. The smallest absolute Gasteiger partial charge is 0.0613 e. The average molecular weight is 185 g/mol. The molecule has 0 aromatic rings. The van der Waals surface area contributed by atoms with Crippen molar-refractivity contribution in [2.24, 2.45) is 0 Å². The topological polar surface area (TPSA) is 32.3 Å². The molecule has 0 amide bonds. The predicted octanol–water partition coefficient (Wildman–Crippen LogP) is 2.07. The van der Waals surface area contributed by atoms with E-state index in [2.05, 4.69) is 19.2 Å². The lowest BCUT2D eigenvalue weighted by atomic mass is 9.81. The van der Waals surface area contributed by atoms with Gasteiger partial charge in [0.25, 0.3) is 0 Å². The fourth-order valence-electron chi connectivity index (χ4n) is 2.20. The first-order chi connectivity index (χ1) is 6.22. The van der Waals surface area contributed by atoms with Gasteiger partial charge < -0.3 is 10.4 Å². The standard InChI is InChI=1S/C11H23NO/c1-3-10(2)12-11(9-13)7-5-4-6-8-11/h10,12-13H,3-9H2,1-2H3. The molecule has 0 aromatic carbocycles. The van der Waals surface area contributed by atoms with E-state index in [1.807, 2.05) is 0 Å². The molecular weight excluding hydrogens is 162 g/mol. The lowest BCUT2D eigenvalue weighted by Crippen LogP contribution is -2.53. The molecule has 1 aliphatic carbocycles. The molecule has 2 N–H and O–H groups in total. The second-order valence-corrected chi connectivity index (χ2v) is 4.45. The Morgan fingerprint density at radius 1 is 1.31 bits per heavy atom. The molecule has 1 rings (SSSR count). The number of hydrogen-bond acceptors (Lipinski definition) is 2. The fourth-order valence-corrected chi connectivity index (χ4v) is 2.20. The highest BCUT2D eigenvalue weighted by Crippen LogP contribution is 2.28. The molecule has 1 fully saturated rings. The van der Waals surface area contributed by atoms with Crippen molar-refractivity contribution in [3.05, 3.63) is 0 Å². The average Bonchev–Trinajstić information content (AvgIpc) is 2.19. The van der Waals surface area contributed by atoms with Gasteiger partial charge in [0, 0.05) is 11.6 Å². The van der Waals surface area contributed by atoms with Gasteiger partial charge >= 0.3 is 0 Å². The lowest BCUT2D eigenvalue weighted by molar-refractivity contribution is 0.110. The molecule has 78 valence electrons. The third-order valence-electron chi connectivity index (χ3n) is 3.28. The Bertz CT molecular complexity index is 141. The summed E-state index contributed by atoms with van der Waals surface area (Å²) < 4.78 is 0. The van der Waals surface area contributed by atoms with Crippen LogP contribution in [0.15, 0.2) is 0 Å². The lowest BCUT2D eigenvalue weighted by Gasteiger charge is -2.39. The van der Waals surface area contributed by atoms with Crippen LogP contribution in [-0.2, 0) is 0 Å². The van der Waals surface area contributed by atoms with Crippen LogP contribution in [0, 0.1) is 0 Å². The van der Waals surface area contributed by atoms with Crippen molar-refractivity contribution in [2.45, 2.75) is 64.0 Å². The number of aliphatic hydroxyl groups excluding tert-OH is 1. The monoisotopic (exact) mass is 185 g/mol. The Hall–Kier alpha value is -0.0800. The van der Waals surface area contributed by atoms with Crippen LogP contribution >= 0.6 is 0 Å². The summed E-state index contributed by atoms with van der Waals surface area (Å²) in [7, 11) is 0. The summed E-state index contributed by atoms with van der Waals surface area (Å²) in [4.78, 5) is 0. The fraction of sp³-hybridized carbons (Fsp3) is 1.00. The third kappa shape index (κ3) is 2.96. The van der Waals surface area contributed by atoms with Gasteiger partial charge in [-0.15, -0.1) is 0 Å². The molecule has 1 saturated carbocycles. The van der Waals surface area contributed by atoms with Gasteiger partial charge in [-0.3, -0.25) is 0 Å². The Morgan fingerprint density at radius 2 is 1.92 bits per heavy atom. The maximum atomic E-state index is 9.42. The highest BCUT2D eigenvalue weighted by molar-refractivity contribution is 4.91. The van der Waals surface area contributed by atoms with Gasteiger partial charge in [-0.05, 0) is 26.2 Å².